The summed E-state index contributed by atoms with van der Waals surface area (Å²) in [7, 11) is 0. The van der Waals surface area contributed by atoms with Gasteiger partial charge < -0.3 is 4.74 Å². The van der Waals surface area contributed by atoms with Gasteiger partial charge >= 0.3 is 5.97 Å². The summed E-state index contributed by atoms with van der Waals surface area (Å²) in [6.07, 6.45) is 0. The highest BCUT2D eigenvalue weighted by atomic mass is 32.1. The van der Waals surface area contributed by atoms with Crippen LogP contribution in [-0.2, 0) is 15.1 Å². The van der Waals surface area contributed by atoms with Gasteiger partial charge in [-0.15, -0.1) is 11.3 Å². The first-order valence-corrected chi connectivity index (χ1v) is 9.16. The van der Waals surface area contributed by atoms with Gasteiger partial charge in [0.2, 0.25) is 18.0 Å². The van der Waals surface area contributed by atoms with Crippen LogP contribution >= 0.6 is 11.3 Å². The highest BCUT2D eigenvalue weighted by Gasteiger charge is 2.57. The van der Waals surface area contributed by atoms with Gasteiger partial charge in [0.15, 0.2) is 0 Å². The summed E-state index contributed by atoms with van der Waals surface area (Å²) in [6, 6.07) is 12.6. The van der Waals surface area contributed by atoms with Crippen molar-refractivity contribution < 1.29 is 14.5 Å². The molecule has 7 heteroatoms. The molecular weight excluding hydrogens is 352 g/mol. The molecule has 2 aromatic rings. The number of hydrogen-bond acceptors (Lipinski definition) is 6. The zero-order chi connectivity index (χ0) is 18.9. The van der Waals surface area contributed by atoms with E-state index < -0.39 is 34.3 Å². The molecule has 2 unspecified atom stereocenters. The zero-order valence-electron chi connectivity index (χ0n) is 14.8. The molecule has 0 saturated heterocycles. The fourth-order valence-corrected chi connectivity index (χ4v) is 3.96. The van der Waals surface area contributed by atoms with Crippen molar-refractivity contribution >= 4 is 23.2 Å². The molecule has 3 rings (SSSR count). The van der Waals surface area contributed by atoms with E-state index in [0.717, 1.165) is 4.88 Å². The van der Waals surface area contributed by atoms with Crippen LogP contribution < -0.4 is 0 Å². The van der Waals surface area contributed by atoms with Crippen molar-refractivity contribution in [2.24, 2.45) is 10.4 Å². The third-order valence-corrected chi connectivity index (χ3v) is 5.34. The molecule has 1 aliphatic rings. The van der Waals surface area contributed by atoms with Gasteiger partial charge in [0.1, 0.15) is 0 Å². The predicted molar refractivity (Wildman–Crippen MR) is 100 cm³/mol. The van der Waals surface area contributed by atoms with Crippen LogP contribution in [0.3, 0.4) is 0 Å². The summed E-state index contributed by atoms with van der Waals surface area (Å²) in [6.45, 7) is 5.28. The van der Waals surface area contributed by atoms with Gasteiger partial charge in [0.05, 0.1) is 5.92 Å². The number of aliphatic imine (C=N–C) groups is 1. The quantitative estimate of drug-likeness (QED) is 0.451. The van der Waals surface area contributed by atoms with E-state index in [1.807, 2.05) is 38.3 Å². The fourth-order valence-electron chi connectivity index (χ4n) is 3.08. The molecule has 0 saturated carbocycles. The Morgan fingerprint density at radius 2 is 1.92 bits per heavy atom. The lowest BCUT2D eigenvalue weighted by Crippen LogP contribution is -2.40. The van der Waals surface area contributed by atoms with Crippen molar-refractivity contribution in [3.63, 3.8) is 0 Å². The third kappa shape index (κ3) is 3.14. The van der Waals surface area contributed by atoms with Crippen LogP contribution in [0.2, 0.25) is 0 Å². The molecule has 136 valence electrons. The van der Waals surface area contributed by atoms with E-state index in [1.54, 1.807) is 30.3 Å². The van der Waals surface area contributed by atoms with Crippen molar-refractivity contribution in [2.45, 2.75) is 32.2 Å². The standard InChI is InChI=1S/C19H20N2O4S/c1-18(2,3)16-20-19(17(22)25-16,13-8-5-4-6-9-13)14(12-21(23)24)15-10-7-11-26-15/h4-11,14H,12H2,1-3H3. The Morgan fingerprint density at radius 3 is 2.42 bits per heavy atom. The molecule has 6 nitrogen and oxygen atoms in total. The van der Waals surface area contributed by atoms with Crippen LogP contribution in [0.1, 0.15) is 37.1 Å². The number of cyclic esters (lactones) is 1. The molecular formula is C19H20N2O4S. The van der Waals surface area contributed by atoms with Crippen LogP contribution in [0.4, 0.5) is 0 Å². The van der Waals surface area contributed by atoms with E-state index in [0.29, 0.717) is 11.5 Å². The van der Waals surface area contributed by atoms with Gasteiger partial charge in [-0.2, -0.15) is 0 Å². The lowest BCUT2D eigenvalue weighted by molar-refractivity contribution is -0.484. The largest absolute Gasteiger partial charge is 0.409 e. The molecule has 1 aromatic carbocycles. The maximum Gasteiger partial charge on any atom is 0.346 e. The van der Waals surface area contributed by atoms with Crippen LogP contribution in [0.15, 0.2) is 52.8 Å². The van der Waals surface area contributed by atoms with Gasteiger partial charge in [-0.25, -0.2) is 9.79 Å². The lowest BCUT2D eigenvalue weighted by atomic mass is 9.77. The molecule has 0 aliphatic carbocycles. The van der Waals surface area contributed by atoms with E-state index >= 15 is 0 Å². The Hall–Kier alpha value is -2.54. The number of hydrogen-bond donors (Lipinski definition) is 0. The smallest absolute Gasteiger partial charge is 0.346 e. The van der Waals surface area contributed by atoms with E-state index in [2.05, 4.69) is 0 Å². The molecule has 0 radical (unpaired) electrons. The molecule has 2 atom stereocenters. The predicted octanol–water partition coefficient (Wildman–Crippen LogP) is 4.01. The van der Waals surface area contributed by atoms with E-state index in [-0.39, 0.29) is 0 Å². The molecule has 1 aromatic heterocycles. The minimum Gasteiger partial charge on any atom is -0.409 e. The number of ether oxygens (including phenoxy) is 1. The van der Waals surface area contributed by atoms with Crippen LogP contribution in [0.25, 0.3) is 0 Å². The highest BCUT2D eigenvalue weighted by molar-refractivity contribution is 7.10. The van der Waals surface area contributed by atoms with Gasteiger partial charge in [0, 0.05) is 15.2 Å². The number of benzene rings is 1. The third-order valence-electron chi connectivity index (χ3n) is 4.36. The molecule has 0 bridgehead atoms. The molecule has 0 N–H and O–H groups in total. The average Bonchev–Trinajstić information content (AvgIpc) is 3.21. The minimum atomic E-state index is -1.46. The fraction of sp³-hybridized carbons (Fsp3) is 0.368. The second-order valence-electron chi connectivity index (χ2n) is 7.27. The lowest BCUT2D eigenvalue weighted by Gasteiger charge is -2.29. The van der Waals surface area contributed by atoms with Crippen molar-refractivity contribution in [3.8, 4) is 0 Å². The number of thiophene rings is 1. The van der Waals surface area contributed by atoms with E-state index in [4.69, 9.17) is 9.73 Å². The maximum absolute atomic E-state index is 13.1. The number of nitrogens with zero attached hydrogens (tertiary/aromatic N) is 2. The van der Waals surface area contributed by atoms with Crippen LogP contribution in [-0.4, -0.2) is 23.3 Å². The number of esters is 1. The van der Waals surface area contributed by atoms with Crippen molar-refractivity contribution in [1.29, 1.82) is 0 Å². The molecule has 0 fully saturated rings. The van der Waals surface area contributed by atoms with Gasteiger partial charge in [-0.1, -0.05) is 57.2 Å². The van der Waals surface area contributed by atoms with E-state index in [1.165, 1.54) is 11.3 Å². The summed E-state index contributed by atoms with van der Waals surface area (Å²) in [5.41, 5.74) is -1.34. The van der Waals surface area contributed by atoms with Gasteiger partial charge in [-0.05, 0) is 17.0 Å². The average molecular weight is 372 g/mol. The number of carbonyl (C=O) groups excluding carboxylic acids is 1. The minimum absolute atomic E-state index is 0.302. The summed E-state index contributed by atoms with van der Waals surface area (Å²) in [5.74, 6) is -1.00. The van der Waals surface area contributed by atoms with Crippen molar-refractivity contribution in [1.82, 2.24) is 0 Å². The monoisotopic (exact) mass is 372 g/mol. The van der Waals surface area contributed by atoms with Crippen LogP contribution in [0.5, 0.6) is 0 Å². The molecule has 0 amide bonds. The Morgan fingerprint density at radius 1 is 1.23 bits per heavy atom. The number of nitro groups is 1. The summed E-state index contributed by atoms with van der Waals surface area (Å²) in [5, 5.41) is 13.3. The number of carbonyl (C=O) groups is 1. The van der Waals surface area contributed by atoms with E-state index in [9.17, 15) is 14.9 Å². The van der Waals surface area contributed by atoms with Crippen molar-refractivity contribution in [3.05, 3.63) is 68.4 Å². The normalized spacial score (nSPS) is 21.2. The molecule has 26 heavy (non-hydrogen) atoms. The molecule has 1 aliphatic heterocycles. The first-order chi connectivity index (χ1) is 12.2. The first kappa shape index (κ1) is 18.3. The highest BCUT2D eigenvalue weighted by Crippen LogP contribution is 2.47. The first-order valence-electron chi connectivity index (χ1n) is 8.28. The van der Waals surface area contributed by atoms with Crippen molar-refractivity contribution in [2.75, 3.05) is 6.54 Å². The molecule has 0 spiro atoms. The topological polar surface area (TPSA) is 81.8 Å². The summed E-state index contributed by atoms with van der Waals surface area (Å²) < 4.78 is 5.55. The second kappa shape index (κ2) is 6.64. The van der Waals surface area contributed by atoms with Gasteiger partial charge in [0.25, 0.3) is 0 Å². The Bertz CT molecular complexity index is 840. The zero-order valence-corrected chi connectivity index (χ0v) is 15.7. The number of rotatable bonds is 5. The SMILES string of the molecule is CC(C)(C)C1=NC(c2ccccc2)(C(C[N+](=O)[O-])c2cccs2)C(=O)O1. The maximum atomic E-state index is 13.1. The summed E-state index contributed by atoms with van der Waals surface area (Å²) in [4.78, 5) is 29.6. The Labute approximate surface area is 155 Å². The Kier molecular flexibility index (Phi) is 4.66. The Balaban J connectivity index is 2.26. The van der Waals surface area contributed by atoms with Gasteiger partial charge in [-0.3, -0.25) is 10.1 Å². The molecule has 2 heterocycles. The summed E-state index contributed by atoms with van der Waals surface area (Å²) >= 11 is 1.38. The van der Waals surface area contributed by atoms with Crippen LogP contribution in [0, 0.1) is 15.5 Å². The second-order valence-corrected chi connectivity index (χ2v) is 8.25.